The van der Waals surface area contributed by atoms with Gasteiger partial charge in [-0.05, 0) is 38.3 Å². The van der Waals surface area contributed by atoms with Gasteiger partial charge in [0.25, 0.3) is 5.91 Å². The van der Waals surface area contributed by atoms with E-state index in [1.807, 2.05) is 31.2 Å². The van der Waals surface area contributed by atoms with Crippen LogP contribution in [0.2, 0.25) is 0 Å². The molecule has 1 aromatic carbocycles. The number of benzene rings is 1. The van der Waals surface area contributed by atoms with Crippen LogP contribution in [0.5, 0.6) is 0 Å². The maximum Gasteiger partial charge on any atom is 0.331 e. The first-order valence-corrected chi connectivity index (χ1v) is 7.80. The van der Waals surface area contributed by atoms with Gasteiger partial charge < -0.3 is 10.1 Å². The van der Waals surface area contributed by atoms with Crippen LogP contribution < -0.4 is 5.32 Å². The smallest absolute Gasteiger partial charge is 0.331 e. The van der Waals surface area contributed by atoms with Crippen molar-refractivity contribution in [2.24, 2.45) is 0 Å². The van der Waals surface area contributed by atoms with Crippen molar-refractivity contribution >= 4 is 18.0 Å². The van der Waals surface area contributed by atoms with Crippen LogP contribution in [-0.2, 0) is 14.3 Å². The minimum atomic E-state index is -0.768. The largest absolute Gasteiger partial charge is 0.449 e. The molecular weight excluding hydrogens is 278 g/mol. The molecule has 1 atom stereocenters. The van der Waals surface area contributed by atoms with E-state index < -0.39 is 12.1 Å². The van der Waals surface area contributed by atoms with E-state index in [0.717, 1.165) is 36.8 Å². The van der Waals surface area contributed by atoms with E-state index in [0.29, 0.717) is 0 Å². The lowest BCUT2D eigenvalue weighted by Crippen LogP contribution is -2.40. The van der Waals surface area contributed by atoms with Gasteiger partial charge in [-0.15, -0.1) is 0 Å². The summed E-state index contributed by atoms with van der Waals surface area (Å²) in [6.07, 6.45) is 6.61. The van der Waals surface area contributed by atoms with Gasteiger partial charge in [-0.25, -0.2) is 4.79 Å². The summed E-state index contributed by atoms with van der Waals surface area (Å²) in [7, 11) is 0. The molecule has 0 unspecified atom stereocenters. The summed E-state index contributed by atoms with van der Waals surface area (Å²) < 4.78 is 5.14. The van der Waals surface area contributed by atoms with Gasteiger partial charge in [0.05, 0.1) is 0 Å². The van der Waals surface area contributed by atoms with Crippen molar-refractivity contribution in [1.29, 1.82) is 0 Å². The van der Waals surface area contributed by atoms with Gasteiger partial charge in [-0.1, -0.05) is 42.7 Å². The molecule has 4 heteroatoms. The summed E-state index contributed by atoms with van der Waals surface area (Å²) in [6.45, 7) is 3.59. The molecule has 1 saturated carbocycles. The van der Waals surface area contributed by atoms with E-state index in [9.17, 15) is 9.59 Å². The number of esters is 1. The number of nitrogens with one attached hydrogen (secondary N) is 1. The first kappa shape index (κ1) is 16.3. The van der Waals surface area contributed by atoms with Crippen molar-refractivity contribution in [2.45, 2.75) is 51.7 Å². The van der Waals surface area contributed by atoms with Crippen molar-refractivity contribution in [3.63, 3.8) is 0 Å². The Bertz CT molecular complexity index is 559. The summed E-state index contributed by atoms with van der Waals surface area (Å²) >= 11 is 0. The van der Waals surface area contributed by atoms with Crippen molar-refractivity contribution in [3.8, 4) is 0 Å². The maximum absolute atomic E-state index is 11.9. The lowest BCUT2D eigenvalue weighted by atomic mass is 10.1. The highest BCUT2D eigenvalue weighted by molar-refractivity contribution is 5.90. The number of hydrogen-bond acceptors (Lipinski definition) is 3. The number of carbonyl (C=O) groups excluding carboxylic acids is 2. The zero-order chi connectivity index (χ0) is 15.9. The van der Waals surface area contributed by atoms with Crippen molar-refractivity contribution < 1.29 is 14.3 Å². The third-order valence-corrected chi connectivity index (χ3v) is 3.82. The lowest BCUT2D eigenvalue weighted by Gasteiger charge is -2.16. The molecule has 2 rings (SSSR count). The second-order valence-electron chi connectivity index (χ2n) is 5.82. The zero-order valence-electron chi connectivity index (χ0n) is 13.2. The van der Waals surface area contributed by atoms with Gasteiger partial charge in [0, 0.05) is 12.1 Å². The van der Waals surface area contributed by atoms with Crippen LogP contribution in [0.3, 0.4) is 0 Å². The zero-order valence-corrected chi connectivity index (χ0v) is 13.2. The van der Waals surface area contributed by atoms with Crippen LogP contribution in [0.15, 0.2) is 30.3 Å². The Morgan fingerprint density at radius 2 is 2.05 bits per heavy atom. The summed E-state index contributed by atoms with van der Waals surface area (Å²) in [5.74, 6) is -0.722. The second kappa shape index (κ2) is 7.78. The highest BCUT2D eigenvalue weighted by atomic mass is 16.5. The van der Waals surface area contributed by atoms with Crippen molar-refractivity contribution in [1.82, 2.24) is 5.32 Å². The van der Waals surface area contributed by atoms with Gasteiger partial charge in [-0.2, -0.15) is 0 Å². The molecule has 0 saturated heterocycles. The molecule has 0 spiro atoms. The second-order valence-corrected chi connectivity index (χ2v) is 5.82. The van der Waals surface area contributed by atoms with Crippen LogP contribution in [0.25, 0.3) is 6.08 Å². The molecule has 1 amide bonds. The number of amides is 1. The lowest BCUT2D eigenvalue weighted by molar-refractivity contribution is -0.150. The Kier molecular flexibility index (Phi) is 5.75. The fourth-order valence-corrected chi connectivity index (χ4v) is 2.59. The molecule has 0 heterocycles. The molecular formula is C18H23NO3. The SMILES string of the molecule is Cc1cccc(/C=C/C(=O)O[C@H](C)C(=O)NC2CCCC2)c1. The van der Waals surface area contributed by atoms with Crippen molar-refractivity contribution in [2.75, 3.05) is 0 Å². The normalized spacial score (nSPS) is 16.6. The quantitative estimate of drug-likeness (QED) is 0.672. The Morgan fingerprint density at radius 3 is 2.73 bits per heavy atom. The van der Waals surface area contributed by atoms with E-state index in [-0.39, 0.29) is 11.9 Å². The van der Waals surface area contributed by atoms with Crippen LogP contribution in [0.1, 0.15) is 43.7 Å². The van der Waals surface area contributed by atoms with Crippen LogP contribution in [0.4, 0.5) is 0 Å². The first-order chi connectivity index (χ1) is 10.5. The van der Waals surface area contributed by atoms with Gasteiger partial charge in [-0.3, -0.25) is 4.79 Å². The van der Waals surface area contributed by atoms with Crippen molar-refractivity contribution in [3.05, 3.63) is 41.5 Å². The van der Waals surface area contributed by atoms with Gasteiger partial charge in [0.1, 0.15) is 0 Å². The van der Waals surface area contributed by atoms with E-state index in [1.165, 1.54) is 6.08 Å². The Morgan fingerprint density at radius 1 is 1.32 bits per heavy atom. The van der Waals surface area contributed by atoms with Gasteiger partial charge in [0.2, 0.25) is 0 Å². The summed E-state index contributed by atoms with van der Waals surface area (Å²) in [5, 5.41) is 2.92. The highest BCUT2D eigenvalue weighted by Gasteiger charge is 2.22. The molecule has 1 N–H and O–H groups in total. The van der Waals surface area contributed by atoms with Gasteiger partial charge >= 0.3 is 5.97 Å². The Labute approximate surface area is 131 Å². The highest BCUT2D eigenvalue weighted by Crippen LogP contribution is 2.17. The van der Waals surface area contributed by atoms with E-state index in [4.69, 9.17) is 4.74 Å². The summed E-state index contributed by atoms with van der Waals surface area (Å²) in [5.41, 5.74) is 2.06. The fraction of sp³-hybridized carbons (Fsp3) is 0.444. The average molecular weight is 301 g/mol. The minimum absolute atomic E-state index is 0.218. The summed E-state index contributed by atoms with van der Waals surface area (Å²) in [4.78, 5) is 23.7. The maximum atomic E-state index is 11.9. The third kappa shape index (κ3) is 5.02. The topological polar surface area (TPSA) is 55.4 Å². The monoisotopic (exact) mass is 301 g/mol. The molecule has 4 nitrogen and oxygen atoms in total. The molecule has 22 heavy (non-hydrogen) atoms. The number of carbonyl (C=O) groups is 2. The Balaban J connectivity index is 1.81. The van der Waals surface area contributed by atoms with Crippen LogP contribution >= 0.6 is 0 Å². The van der Waals surface area contributed by atoms with Crippen LogP contribution in [-0.4, -0.2) is 24.0 Å². The average Bonchev–Trinajstić information content (AvgIpc) is 2.98. The molecule has 1 fully saturated rings. The number of hydrogen-bond donors (Lipinski definition) is 1. The fourth-order valence-electron chi connectivity index (χ4n) is 2.59. The molecule has 0 aliphatic heterocycles. The Hall–Kier alpha value is -2.10. The van der Waals surface area contributed by atoms with Crippen LogP contribution in [0, 0.1) is 6.92 Å². The molecule has 1 aromatic rings. The molecule has 0 aromatic heterocycles. The van der Waals surface area contributed by atoms with Gasteiger partial charge in [0.15, 0.2) is 6.10 Å². The third-order valence-electron chi connectivity index (χ3n) is 3.82. The molecule has 1 aliphatic carbocycles. The standard InChI is InChI=1S/C18H23NO3/c1-13-6-5-7-15(12-13)10-11-17(20)22-14(2)18(21)19-16-8-3-4-9-16/h5-7,10-12,14,16H,3-4,8-9H2,1-2H3,(H,19,21)/b11-10+/t14-/m1/s1. The van der Waals surface area contributed by atoms with E-state index in [1.54, 1.807) is 13.0 Å². The minimum Gasteiger partial charge on any atom is -0.449 e. The molecule has 1 aliphatic rings. The predicted molar refractivity (Wildman–Crippen MR) is 86.2 cm³/mol. The number of ether oxygens (including phenoxy) is 1. The molecule has 118 valence electrons. The van der Waals surface area contributed by atoms with E-state index in [2.05, 4.69) is 5.32 Å². The number of rotatable bonds is 5. The molecule has 0 bridgehead atoms. The summed E-state index contributed by atoms with van der Waals surface area (Å²) in [6, 6.07) is 8.03. The molecule has 0 radical (unpaired) electrons. The van der Waals surface area contributed by atoms with E-state index >= 15 is 0 Å². The first-order valence-electron chi connectivity index (χ1n) is 7.80. The predicted octanol–water partition coefficient (Wildman–Crippen LogP) is 3.00. The number of aryl methyl sites for hydroxylation is 1.